The second-order valence-corrected chi connectivity index (χ2v) is 6.82. The molecule has 2 fully saturated rings. The molecule has 2 saturated heterocycles. The highest BCUT2D eigenvalue weighted by Gasteiger charge is 2.34. The molecule has 1 aromatic heterocycles. The third kappa shape index (κ3) is 3.35. The minimum atomic E-state index is -0.496. The number of benzene rings is 1. The van der Waals surface area contributed by atoms with E-state index < -0.39 is 6.04 Å². The molecule has 2 aliphatic heterocycles. The Balaban J connectivity index is 1.39. The molecule has 2 atom stereocenters. The van der Waals surface area contributed by atoms with Crippen molar-refractivity contribution in [1.29, 1.82) is 0 Å². The van der Waals surface area contributed by atoms with Crippen LogP contribution in [0.1, 0.15) is 35.8 Å². The molecule has 2 aliphatic rings. The van der Waals surface area contributed by atoms with Gasteiger partial charge in [-0.15, -0.1) is 0 Å². The van der Waals surface area contributed by atoms with Gasteiger partial charge >= 0.3 is 0 Å². The average molecular weight is 353 g/mol. The predicted molar refractivity (Wildman–Crippen MR) is 98.0 cm³/mol. The lowest BCUT2D eigenvalue weighted by atomic mass is 10.1. The maximum atomic E-state index is 12.6. The van der Waals surface area contributed by atoms with E-state index in [2.05, 4.69) is 15.7 Å². The summed E-state index contributed by atoms with van der Waals surface area (Å²) < 4.78 is 1.85. The molecule has 2 aromatic rings. The smallest absolute Gasteiger partial charge is 0.272 e. The summed E-state index contributed by atoms with van der Waals surface area (Å²) in [6.45, 7) is 2.51. The van der Waals surface area contributed by atoms with Crippen LogP contribution in [0.25, 0.3) is 0 Å². The van der Waals surface area contributed by atoms with E-state index in [0.29, 0.717) is 18.7 Å². The Morgan fingerprint density at radius 2 is 2.04 bits per heavy atom. The Labute approximate surface area is 152 Å². The number of hydrogen-bond donors (Lipinski definition) is 2. The van der Waals surface area contributed by atoms with Crippen molar-refractivity contribution < 1.29 is 9.59 Å². The number of carbonyl (C=O) groups is 2. The molecule has 0 saturated carbocycles. The van der Waals surface area contributed by atoms with Crippen molar-refractivity contribution in [1.82, 2.24) is 20.4 Å². The van der Waals surface area contributed by atoms with Crippen LogP contribution in [0.15, 0.2) is 42.6 Å². The number of amides is 2. The summed E-state index contributed by atoms with van der Waals surface area (Å²) in [5.41, 5.74) is 1.23. The van der Waals surface area contributed by atoms with Crippen LogP contribution in [0.2, 0.25) is 0 Å². The van der Waals surface area contributed by atoms with E-state index in [1.54, 1.807) is 11.0 Å². The van der Waals surface area contributed by atoms with Crippen LogP contribution in [0.5, 0.6) is 0 Å². The number of anilines is 1. The minimum Gasteiger partial charge on any atom is -0.339 e. The van der Waals surface area contributed by atoms with Crippen LogP contribution in [-0.2, 0) is 4.79 Å². The zero-order valence-corrected chi connectivity index (χ0v) is 14.6. The Hall–Kier alpha value is -2.67. The number of piperidine rings is 1. The summed E-state index contributed by atoms with van der Waals surface area (Å²) >= 11 is 0. The van der Waals surface area contributed by atoms with Gasteiger partial charge in [-0.05, 0) is 44.0 Å². The molecule has 0 aliphatic carbocycles. The van der Waals surface area contributed by atoms with Crippen molar-refractivity contribution in [2.45, 2.75) is 31.3 Å². The fourth-order valence-corrected chi connectivity index (χ4v) is 3.63. The summed E-state index contributed by atoms with van der Waals surface area (Å²) in [4.78, 5) is 26.8. The standard InChI is InChI=1S/C19H23N5O2/c25-18(16-9-12-24(22-16)15-7-4-10-20-13-15)21-17-8-11-23(19(17)26)14-5-2-1-3-6-14/h1-3,5-6,9,12,15,17,20H,4,7-8,10-11,13H2,(H,21,25). The number of para-hydroxylation sites is 1. The van der Waals surface area contributed by atoms with Crippen molar-refractivity contribution >= 4 is 17.5 Å². The minimum absolute atomic E-state index is 0.0690. The molecule has 3 heterocycles. The Morgan fingerprint density at radius 3 is 2.81 bits per heavy atom. The van der Waals surface area contributed by atoms with Crippen LogP contribution in [0.3, 0.4) is 0 Å². The van der Waals surface area contributed by atoms with Gasteiger partial charge in [0.05, 0.1) is 6.04 Å². The molecule has 7 nitrogen and oxygen atoms in total. The van der Waals surface area contributed by atoms with Crippen LogP contribution >= 0.6 is 0 Å². The van der Waals surface area contributed by atoms with E-state index in [-0.39, 0.29) is 17.9 Å². The molecular weight excluding hydrogens is 330 g/mol. The lowest BCUT2D eigenvalue weighted by Gasteiger charge is -2.22. The number of rotatable bonds is 4. The quantitative estimate of drug-likeness (QED) is 0.869. The largest absolute Gasteiger partial charge is 0.339 e. The van der Waals surface area contributed by atoms with Crippen molar-refractivity contribution in [3.05, 3.63) is 48.3 Å². The molecule has 7 heteroatoms. The summed E-state index contributed by atoms with van der Waals surface area (Å²) in [5, 5.41) is 10.6. The molecule has 0 bridgehead atoms. The van der Waals surface area contributed by atoms with E-state index in [1.165, 1.54) is 0 Å². The number of carbonyl (C=O) groups excluding carboxylic acids is 2. The van der Waals surface area contributed by atoms with Gasteiger partial charge in [0.15, 0.2) is 0 Å². The van der Waals surface area contributed by atoms with Crippen molar-refractivity contribution in [3.8, 4) is 0 Å². The monoisotopic (exact) mass is 353 g/mol. The molecule has 0 spiro atoms. The SMILES string of the molecule is O=C(NC1CCN(c2ccccc2)C1=O)c1ccn(C2CCCNC2)n1. The summed E-state index contributed by atoms with van der Waals surface area (Å²) in [6, 6.07) is 11.0. The lowest BCUT2D eigenvalue weighted by Crippen LogP contribution is -2.41. The Kier molecular flexibility index (Phi) is 4.71. The first-order valence-electron chi connectivity index (χ1n) is 9.15. The first-order valence-corrected chi connectivity index (χ1v) is 9.15. The average Bonchev–Trinajstić information content (AvgIpc) is 3.31. The van der Waals surface area contributed by atoms with E-state index in [0.717, 1.165) is 31.6 Å². The third-order valence-electron chi connectivity index (χ3n) is 5.06. The van der Waals surface area contributed by atoms with Gasteiger partial charge in [-0.2, -0.15) is 5.10 Å². The van der Waals surface area contributed by atoms with E-state index in [1.807, 2.05) is 41.2 Å². The zero-order valence-electron chi connectivity index (χ0n) is 14.6. The van der Waals surface area contributed by atoms with Crippen LogP contribution in [0, 0.1) is 0 Å². The topological polar surface area (TPSA) is 79.3 Å². The molecular formula is C19H23N5O2. The highest BCUT2D eigenvalue weighted by atomic mass is 16.2. The van der Waals surface area contributed by atoms with Gasteiger partial charge in [-0.3, -0.25) is 14.3 Å². The van der Waals surface area contributed by atoms with Crippen LogP contribution in [-0.4, -0.2) is 47.3 Å². The molecule has 2 N–H and O–H groups in total. The summed E-state index contributed by atoms with van der Waals surface area (Å²) in [6.07, 6.45) is 4.62. The molecule has 1 aromatic carbocycles. The molecule has 4 rings (SSSR count). The Morgan fingerprint density at radius 1 is 1.19 bits per heavy atom. The highest BCUT2D eigenvalue weighted by molar-refractivity contribution is 6.03. The molecule has 2 amide bonds. The van der Waals surface area contributed by atoms with Gasteiger partial charge in [0.1, 0.15) is 11.7 Å². The first-order chi connectivity index (χ1) is 12.7. The second-order valence-electron chi connectivity index (χ2n) is 6.82. The van der Waals surface area contributed by atoms with Gasteiger partial charge in [0.25, 0.3) is 5.91 Å². The second kappa shape index (κ2) is 7.29. The van der Waals surface area contributed by atoms with E-state index in [4.69, 9.17) is 0 Å². The third-order valence-corrected chi connectivity index (χ3v) is 5.06. The molecule has 136 valence electrons. The highest BCUT2D eigenvalue weighted by Crippen LogP contribution is 2.21. The fraction of sp³-hybridized carbons (Fsp3) is 0.421. The lowest BCUT2D eigenvalue weighted by molar-refractivity contribution is -0.118. The number of nitrogens with zero attached hydrogens (tertiary/aromatic N) is 3. The van der Waals surface area contributed by atoms with Gasteiger partial charge in [0, 0.05) is 25.0 Å². The van der Waals surface area contributed by atoms with Crippen molar-refractivity contribution in [2.75, 3.05) is 24.5 Å². The predicted octanol–water partition coefficient (Wildman–Crippen LogP) is 1.34. The van der Waals surface area contributed by atoms with Crippen LogP contribution in [0.4, 0.5) is 5.69 Å². The number of aromatic nitrogens is 2. The molecule has 26 heavy (non-hydrogen) atoms. The maximum Gasteiger partial charge on any atom is 0.272 e. The zero-order chi connectivity index (χ0) is 17.9. The van der Waals surface area contributed by atoms with Crippen molar-refractivity contribution in [3.63, 3.8) is 0 Å². The van der Waals surface area contributed by atoms with E-state index in [9.17, 15) is 9.59 Å². The van der Waals surface area contributed by atoms with Gasteiger partial charge in [0.2, 0.25) is 5.91 Å². The Bertz CT molecular complexity index is 782. The normalized spacial score (nSPS) is 23.2. The van der Waals surface area contributed by atoms with E-state index >= 15 is 0 Å². The summed E-state index contributed by atoms with van der Waals surface area (Å²) in [7, 11) is 0. The van der Waals surface area contributed by atoms with Crippen molar-refractivity contribution in [2.24, 2.45) is 0 Å². The first kappa shape index (κ1) is 16.8. The maximum absolute atomic E-state index is 12.6. The van der Waals surface area contributed by atoms with Crippen LogP contribution < -0.4 is 15.5 Å². The fourth-order valence-electron chi connectivity index (χ4n) is 3.63. The summed E-state index contributed by atoms with van der Waals surface area (Å²) in [5.74, 6) is -0.360. The number of nitrogens with one attached hydrogen (secondary N) is 2. The van der Waals surface area contributed by atoms with Gasteiger partial charge < -0.3 is 15.5 Å². The molecule has 2 unspecified atom stereocenters. The molecule has 0 radical (unpaired) electrons. The van der Waals surface area contributed by atoms with Gasteiger partial charge in [-0.25, -0.2) is 0 Å². The number of hydrogen-bond acceptors (Lipinski definition) is 4. The van der Waals surface area contributed by atoms with Gasteiger partial charge in [-0.1, -0.05) is 18.2 Å².